The zero-order valence-corrected chi connectivity index (χ0v) is 17.0. The first-order chi connectivity index (χ1) is 14.1. The van der Waals surface area contributed by atoms with Crippen molar-refractivity contribution in [3.05, 3.63) is 53.2 Å². The fourth-order valence-corrected chi connectivity index (χ4v) is 5.01. The Balaban J connectivity index is 1.65. The van der Waals surface area contributed by atoms with E-state index < -0.39 is 7.12 Å². The van der Waals surface area contributed by atoms with E-state index in [1.807, 2.05) is 13.0 Å². The monoisotopic (exact) mass is 407 g/mol. The third-order valence-electron chi connectivity index (χ3n) is 5.60. The number of thiophene rings is 1. The van der Waals surface area contributed by atoms with E-state index in [9.17, 15) is 10.0 Å². The highest BCUT2D eigenvalue weighted by Gasteiger charge is 2.23. The molecule has 2 aromatic carbocycles. The Bertz CT molecular complexity index is 1180. The van der Waals surface area contributed by atoms with Gasteiger partial charge in [-0.25, -0.2) is 4.98 Å². The number of hydrogen-bond acceptors (Lipinski definition) is 6. The molecule has 0 atom stereocenters. The summed E-state index contributed by atoms with van der Waals surface area (Å²) < 4.78 is 8.91. The van der Waals surface area contributed by atoms with Crippen molar-refractivity contribution in [1.29, 1.82) is 0 Å². The molecule has 0 saturated carbocycles. The first-order valence-corrected chi connectivity index (χ1v) is 10.6. The molecule has 0 spiro atoms. The number of anilines is 1. The number of hydrogen-bond donors (Lipinski definition) is 2. The van der Waals surface area contributed by atoms with Crippen molar-refractivity contribution >= 4 is 50.7 Å². The Morgan fingerprint density at radius 3 is 2.79 bits per heavy atom. The van der Waals surface area contributed by atoms with E-state index in [0.29, 0.717) is 30.7 Å². The van der Waals surface area contributed by atoms with Crippen LogP contribution in [0.1, 0.15) is 11.4 Å². The number of benzene rings is 2. The molecule has 2 N–H and O–H groups in total. The molecule has 1 saturated heterocycles. The average molecular weight is 407 g/mol. The normalized spacial score (nSPS) is 14.8. The van der Waals surface area contributed by atoms with Gasteiger partial charge < -0.3 is 24.3 Å². The molecule has 3 heterocycles. The quantitative estimate of drug-likeness (QED) is 0.508. The highest BCUT2D eigenvalue weighted by atomic mass is 32.1. The highest BCUT2D eigenvalue weighted by molar-refractivity contribution is 7.17. The zero-order chi connectivity index (χ0) is 20.0. The smallest absolute Gasteiger partial charge is 0.423 e. The molecule has 8 heteroatoms. The number of rotatable bonds is 4. The highest BCUT2D eigenvalue weighted by Crippen LogP contribution is 2.28. The van der Waals surface area contributed by atoms with E-state index in [1.54, 1.807) is 11.3 Å². The predicted molar refractivity (Wildman–Crippen MR) is 118 cm³/mol. The summed E-state index contributed by atoms with van der Waals surface area (Å²) in [5, 5.41) is 23.4. The van der Waals surface area contributed by atoms with Crippen LogP contribution in [-0.4, -0.2) is 53.0 Å². The lowest BCUT2D eigenvalue weighted by Crippen LogP contribution is -2.38. The standard InChI is InChI=1S/C21H22BN3O3S/c1-14-23-20-18(22(26)27)11-17(24-6-8-28-9-7-24)12-19(20)25(14)13-16-4-2-3-15-5-10-29-21(15)16/h2-5,10-12,26-27H,6-9,13H2,1H3. The van der Waals surface area contributed by atoms with Gasteiger partial charge in [0, 0.05) is 28.9 Å². The minimum atomic E-state index is -1.57. The van der Waals surface area contributed by atoms with Crippen LogP contribution < -0.4 is 10.4 Å². The lowest BCUT2D eigenvalue weighted by molar-refractivity contribution is 0.122. The Kier molecular flexibility index (Phi) is 4.79. The van der Waals surface area contributed by atoms with Gasteiger partial charge >= 0.3 is 7.12 Å². The lowest BCUT2D eigenvalue weighted by atomic mass is 9.79. The fourth-order valence-electron chi connectivity index (χ4n) is 4.10. The van der Waals surface area contributed by atoms with Crippen molar-refractivity contribution in [2.45, 2.75) is 13.5 Å². The van der Waals surface area contributed by atoms with E-state index in [0.717, 1.165) is 30.1 Å². The van der Waals surface area contributed by atoms with Crippen LogP contribution in [-0.2, 0) is 11.3 Å². The van der Waals surface area contributed by atoms with Crippen molar-refractivity contribution in [2.24, 2.45) is 0 Å². The van der Waals surface area contributed by atoms with E-state index in [2.05, 4.69) is 50.2 Å². The molecule has 148 valence electrons. The summed E-state index contributed by atoms with van der Waals surface area (Å²) in [5.74, 6) is 0.856. The molecule has 1 aliphatic heterocycles. The number of aryl methyl sites for hydroxylation is 1. The summed E-state index contributed by atoms with van der Waals surface area (Å²) in [6.45, 7) is 5.58. The minimum Gasteiger partial charge on any atom is -0.423 e. The van der Waals surface area contributed by atoms with Gasteiger partial charge in [0.05, 0.1) is 30.8 Å². The van der Waals surface area contributed by atoms with Gasteiger partial charge in [-0.15, -0.1) is 11.3 Å². The summed E-state index contributed by atoms with van der Waals surface area (Å²) >= 11 is 1.75. The molecule has 2 aromatic heterocycles. The third kappa shape index (κ3) is 3.32. The number of nitrogens with zero attached hydrogens (tertiary/aromatic N) is 3. The second-order valence-electron chi connectivity index (χ2n) is 7.38. The first kappa shape index (κ1) is 18.6. The maximum atomic E-state index is 10.0. The molecule has 1 fully saturated rings. The van der Waals surface area contributed by atoms with Crippen molar-refractivity contribution in [3.8, 4) is 0 Å². The van der Waals surface area contributed by atoms with Crippen LogP contribution in [0.15, 0.2) is 41.8 Å². The SMILES string of the molecule is Cc1nc2c(B(O)O)cc(N3CCOCC3)cc2n1Cc1cccc2ccsc12. The number of morpholine rings is 1. The number of aromatic nitrogens is 2. The van der Waals surface area contributed by atoms with E-state index in [4.69, 9.17) is 4.74 Å². The van der Waals surface area contributed by atoms with Crippen molar-refractivity contribution < 1.29 is 14.8 Å². The first-order valence-electron chi connectivity index (χ1n) is 9.76. The van der Waals surface area contributed by atoms with Gasteiger partial charge in [-0.2, -0.15) is 0 Å². The van der Waals surface area contributed by atoms with Crippen LogP contribution in [0.5, 0.6) is 0 Å². The van der Waals surface area contributed by atoms with Crippen molar-refractivity contribution in [1.82, 2.24) is 9.55 Å². The Labute approximate surface area is 173 Å². The summed E-state index contributed by atoms with van der Waals surface area (Å²) in [6, 6.07) is 12.5. The maximum absolute atomic E-state index is 10.0. The summed E-state index contributed by atoms with van der Waals surface area (Å²) in [6.07, 6.45) is 0. The molecule has 1 aliphatic rings. The largest absolute Gasteiger partial charge is 0.490 e. The van der Waals surface area contributed by atoms with Gasteiger partial charge in [0.2, 0.25) is 0 Å². The van der Waals surface area contributed by atoms with Crippen LogP contribution in [0, 0.1) is 6.92 Å². The molecule has 4 aromatic rings. The second-order valence-corrected chi connectivity index (χ2v) is 8.29. The second kappa shape index (κ2) is 7.46. The molecule has 0 aliphatic carbocycles. The topological polar surface area (TPSA) is 70.8 Å². The van der Waals surface area contributed by atoms with Gasteiger partial charge in [0.15, 0.2) is 0 Å². The molecule has 0 bridgehead atoms. The van der Waals surface area contributed by atoms with Gasteiger partial charge in [-0.1, -0.05) is 18.2 Å². The van der Waals surface area contributed by atoms with Crippen LogP contribution in [0.3, 0.4) is 0 Å². The van der Waals surface area contributed by atoms with E-state index in [-0.39, 0.29) is 0 Å². The summed E-state index contributed by atoms with van der Waals surface area (Å²) in [4.78, 5) is 6.91. The van der Waals surface area contributed by atoms with Gasteiger partial charge in [0.1, 0.15) is 5.82 Å². The Morgan fingerprint density at radius 2 is 2.00 bits per heavy atom. The number of fused-ring (bicyclic) bond motifs is 2. The van der Waals surface area contributed by atoms with E-state index >= 15 is 0 Å². The molecule has 0 amide bonds. The molecule has 0 radical (unpaired) electrons. The van der Waals surface area contributed by atoms with Crippen molar-refractivity contribution in [2.75, 3.05) is 31.2 Å². The van der Waals surface area contributed by atoms with Gasteiger partial charge in [-0.3, -0.25) is 0 Å². The number of ether oxygens (including phenoxy) is 1. The molecule has 6 nitrogen and oxygen atoms in total. The Morgan fingerprint density at radius 1 is 1.17 bits per heavy atom. The molecule has 29 heavy (non-hydrogen) atoms. The third-order valence-corrected chi connectivity index (χ3v) is 6.61. The molecular weight excluding hydrogens is 385 g/mol. The minimum absolute atomic E-state index is 0.445. The van der Waals surface area contributed by atoms with E-state index in [1.165, 1.54) is 15.6 Å². The average Bonchev–Trinajstić information content (AvgIpc) is 3.33. The summed E-state index contributed by atoms with van der Waals surface area (Å²) in [5.41, 5.74) is 4.22. The number of imidazole rings is 1. The maximum Gasteiger partial charge on any atom is 0.490 e. The Hall–Kier alpha value is -2.39. The van der Waals surface area contributed by atoms with Crippen LogP contribution in [0.25, 0.3) is 21.1 Å². The summed E-state index contributed by atoms with van der Waals surface area (Å²) in [7, 11) is -1.57. The lowest BCUT2D eigenvalue weighted by Gasteiger charge is -2.29. The van der Waals surface area contributed by atoms with Gasteiger partial charge in [0.25, 0.3) is 0 Å². The predicted octanol–water partition coefficient (Wildman–Crippen LogP) is 2.12. The van der Waals surface area contributed by atoms with Crippen LogP contribution in [0.4, 0.5) is 5.69 Å². The molecule has 5 rings (SSSR count). The fraction of sp³-hybridized carbons (Fsp3) is 0.286. The van der Waals surface area contributed by atoms with Crippen LogP contribution >= 0.6 is 11.3 Å². The molecule has 0 unspecified atom stereocenters. The van der Waals surface area contributed by atoms with Gasteiger partial charge in [-0.05, 0) is 41.5 Å². The van der Waals surface area contributed by atoms with Crippen molar-refractivity contribution in [3.63, 3.8) is 0 Å². The zero-order valence-electron chi connectivity index (χ0n) is 16.2. The molecular formula is C21H22BN3O3S. The van der Waals surface area contributed by atoms with Crippen LogP contribution in [0.2, 0.25) is 0 Å².